The Hall–Kier alpha value is -6.84. The maximum atomic E-state index is 2.41. The number of aromatic nitrogens is 1. The molecule has 0 bridgehead atoms. The van der Waals surface area contributed by atoms with Gasteiger partial charge in [-0.2, -0.15) is 0 Å². The summed E-state index contributed by atoms with van der Waals surface area (Å²) in [4.78, 5) is 4.70. The van der Waals surface area contributed by atoms with Crippen LogP contribution in [0.3, 0.4) is 0 Å². The van der Waals surface area contributed by atoms with Crippen LogP contribution in [0.4, 0.5) is 34.1 Å². The Morgan fingerprint density at radius 1 is 0.352 bits per heavy atom. The number of rotatable bonds is 9. The van der Waals surface area contributed by atoms with Crippen LogP contribution in [0.1, 0.15) is 25.0 Å². The Bertz CT molecular complexity index is 2610. The highest BCUT2D eigenvalue weighted by molar-refractivity contribution is 6.14. The molecular formula is C51H41N3. The third-order valence-corrected chi connectivity index (χ3v) is 10.7. The van der Waals surface area contributed by atoms with Crippen molar-refractivity contribution in [3.63, 3.8) is 0 Å². The minimum Gasteiger partial charge on any atom is -0.311 e. The van der Waals surface area contributed by atoms with Crippen LogP contribution in [-0.2, 0) is 5.41 Å². The molecule has 9 rings (SSSR count). The van der Waals surface area contributed by atoms with E-state index in [1.807, 2.05) is 0 Å². The summed E-state index contributed by atoms with van der Waals surface area (Å²) in [5.41, 5.74) is 12.5. The smallest absolute Gasteiger partial charge is 0.0782 e. The summed E-state index contributed by atoms with van der Waals surface area (Å²) in [5.74, 6) is 0. The summed E-state index contributed by atoms with van der Waals surface area (Å²) in [6.07, 6.45) is 0. The van der Waals surface area contributed by atoms with Gasteiger partial charge in [-0.3, -0.25) is 0 Å². The van der Waals surface area contributed by atoms with E-state index < -0.39 is 0 Å². The van der Waals surface area contributed by atoms with E-state index in [0.717, 1.165) is 39.8 Å². The fourth-order valence-electron chi connectivity index (χ4n) is 7.85. The van der Waals surface area contributed by atoms with E-state index in [9.17, 15) is 0 Å². The highest BCUT2D eigenvalue weighted by Gasteiger charge is 2.26. The molecule has 3 nitrogen and oxygen atoms in total. The Kier molecular flexibility index (Phi) is 8.53. The summed E-state index contributed by atoms with van der Waals surface area (Å²) < 4.78 is 2.41. The third-order valence-electron chi connectivity index (χ3n) is 10.7. The fourth-order valence-corrected chi connectivity index (χ4v) is 7.85. The average molecular weight is 696 g/mol. The van der Waals surface area contributed by atoms with E-state index in [4.69, 9.17) is 0 Å². The molecule has 54 heavy (non-hydrogen) atoms. The molecule has 3 heteroatoms. The van der Waals surface area contributed by atoms with Crippen LogP contribution in [-0.4, -0.2) is 4.57 Å². The largest absolute Gasteiger partial charge is 0.311 e. The summed E-state index contributed by atoms with van der Waals surface area (Å²) in [6, 6.07) is 76.2. The van der Waals surface area contributed by atoms with E-state index >= 15 is 0 Å². The van der Waals surface area contributed by atoms with Crippen molar-refractivity contribution in [1.82, 2.24) is 4.57 Å². The number of fused-ring (bicyclic) bond motifs is 3. The van der Waals surface area contributed by atoms with Crippen molar-refractivity contribution in [2.75, 3.05) is 9.80 Å². The molecule has 0 spiro atoms. The first-order valence-corrected chi connectivity index (χ1v) is 18.6. The molecule has 0 aliphatic carbocycles. The molecule has 0 amide bonds. The first-order chi connectivity index (χ1) is 26.6. The van der Waals surface area contributed by atoms with Crippen LogP contribution < -0.4 is 9.80 Å². The number of anilines is 6. The molecule has 0 saturated heterocycles. The number of hydrogen-bond acceptors (Lipinski definition) is 2. The van der Waals surface area contributed by atoms with Crippen molar-refractivity contribution in [2.45, 2.75) is 19.3 Å². The molecule has 0 radical (unpaired) electrons. The summed E-state index contributed by atoms with van der Waals surface area (Å²) in [5, 5.41) is 2.47. The van der Waals surface area contributed by atoms with E-state index in [2.05, 4.69) is 241 Å². The van der Waals surface area contributed by atoms with Gasteiger partial charge in [0.1, 0.15) is 0 Å². The van der Waals surface area contributed by atoms with Gasteiger partial charge in [0.2, 0.25) is 0 Å². The van der Waals surface area contributed by atoms with Gasteiger partial charge in [-0.25, -0.2) is 0 Å². The maximum Gasteiger partial charge on any atom is 0.0782 e. The zero-order valence-electron chi connectivity index (χ0n) is 30.5. The number of nitrogens with zero attached hydrogens (tertiary/aromatic N) is 3. The van der Waals surface area contributed by atoms with Gasteiger partial charge in [-0.05, 0) is 96.1 Å². The predicted octanol–water partition coefficient (Wildman–Crippen LogP) is 14.0. The average Bonchev–Trinajstić information content (AvgIpc) is 3.58. The molecule has 0 saturated carbocycles. The van der Waals surface area contributed by atoms with Crippen molar-refractivity contribution in [1.29, 1.82) is 0 Å². The predicted molar refractivity (Wildman–Crippen MR) is 229 cm³/mol. The van der Waals surface area contributed by atoms with Gasteiger partial charge in [0.15, 0.2) is 0 Å². The van der Waals surface area contributed by atoms with E-state index in [1.54, 1.807) is 0 Å². The standard InChI is InChI=1S/C51H41N3/c1-51(2,38-30-34-44(35-31-38)52(40-18-7-3-8-19-40)41-20-9-4-10-21-41)39-32-36-45(37-33-39)53(42-22-11-5-12-23-42)49-29-17-27-47-46-26-15-16-28-48(46)54(50(47)49)43-24-13-6-14-25-43/h3-37H,1-2H3. The lowest BCUT2D eigenvalue weighted by atomic mass is 9.78. The lowest BCUT2D eigenvalue weighted by molar-refractivity contribution is 0.641. The molecule has 0 fully saturated rings. The molecule has 1 heterocycles. The first kappa shape index (κ1) is 33.0. The maximum absolute atomic E-state index is 2.41. The second kappa shape index (κ2) is 13.9. The van der Waals surface area contributed by atoms with Crippen LogP contribution in [0, 0.1) is 0 Å². The highest BCUT2D eigenvalue weighted by Crippen LogP contribution is 2.44. The normalized spacial score (nSPS) is 11.5. The van der Waals surface area contributed by atoms with Crippen LogP contribution in [0.5, 0.6) is 0 Å². The molecule has 0 aliphatic heterocycles. The Morgan fingerprint density at radius 2 is 0.759 bits per heavy atom. The lowest BCUT2D eigenvalue weighted by Crippen LogP contribution is -2.19. The van der Waals surface area contributed by atoms with Crippen LogP contribution in [0.15, 0.2) is 212 Å². The number of para-hydroxylation sites is 6. The first-order valence-electron chi connectivity index (χ1n) is 18.6. The minimum absolute atomic E-state index is 0.224. The molecule has 1 aromatic heterocycles. The van der Waals surface area contributed by atoms with E-state index in [0.29, 0.717) is 0 Å². The zero-order valence-corrected chi connectivity index (χ0v) is 30.5. The monoisotopic (exact) mass is 695 g/mol. The summed E-state index contributed by atoms with van der Waals surface area (Å²) >= 11 is 0. The van der Waals surface area contributed by atoms with E-state index in [1.165, 1.54) is 32.9 Å². The van der Waals surface area contributed by atoms with Crippen molar-refractivity contribution in [3.8, 4) is 5.69 Å². The van der Waals surface area contributed by atoms with Gasteiger partial charge in [0.25, 0.3) is 0 Å². The molecule has 8 aromatic carbocycles. The summed E-state index contributed by atoms with van der Waals surface area (Å²) in [6.45, 7) is 4.63. The fraction of sp³-hybridized carbons (Fsp3) is 0.0588. The molecule has 0 aliphatic rings. The molecule has 260 valence electrons. The van der Waals surface area contributed by atoms with Crippen LogP contribution in [0.2, 0.25) is 0 Å². The molecule has 0 atom stereocenters. The van der Waals surface area contributed by atoms with Gasteiger partial charge in [0, 0.05) is 50.3 Å². The van der Waals surface area contributed by atoms with Gasteiger partial charge in [-0.15, -0.1) is 0 Å². The van der Waals surface area contributed by atoms with Crippen molar-refractivity contribution >= 4 is 55.9 Å². The van der Waals surface area contributed by atoms with Crippen molar-refractivity contribution in [3.05, 3.63) is 223 Å². The van der Waals surface area contributed by atoms with Gasteiger partial charge >= 0.3 is 0 Å². The summed E-state index contributed by atoms with van der Waals surface area (Å²) in [7, 11) is 0. The van der Waals surface area contributed by atoms with Crippen LogP contribution in [0.25, 0.3) is 27.5 Å². The minimum atomic E-state index is -0.224. The molecular weight excluding hydrogens is 655 g/mol. The van der Waals surface area contributed by atoms with Crippen molar-refractivity contribution < 1.29 is 0 Å². The highest BCUT2D eigenvalue weighted by atomic mass is 15.2. The van der Waals surface area contributed by atoms with Gasteiger partial charge in [0.05, 0.1) is 16.7 Å². The van der Waals surface area contributed by atoms with Crippen LogP contribution >= 0.6 is 0 Å². The Balaban J connectivity index is 1.11. The number of benzene rings is 8. The topological polar surface area (TPSA) is 11.4 Å². The van der Waals surface area contributed by atoms with Gasteiger partial charge in [-0.1, -0.05) is 141 Å². The SMILES string of the molecule is CC(C)(c1ccc(N(c2ccccc2)c2ccccc2)cc1)c1ccc(N(c2ccccc2)c2cccc3c4ccccc4n(-c4ccccc4)c23)cc1. The van der Waals surface area contributed by atoms with Crippen molar-refractivity contribution in [2.24, 2.45) is 0 Å². The van der Waals surface area contributed by atoms with E-state index in [-0.39, 0.29) is 5.41 Å². The number of hydrogen-bond donors (Lipinski definition) is 0. The quantitative estimate of drug-likeness (QED) is 0.149. The Morgan fingerprint density at radius 3 is 1.30 bits per heavy atom. The Labute approximate surface area is 317 Å². The second-order valence-electron chi connectivity index (χ2n) is 14.3. The molecule has 9 aromatic rings. The second-order valence-corrected chi connectivity index (χ2v) is 14.3. The third kappa shape index (κ3) is 5.90. The molecule has 0 unspecified atom stereocenters. The van der Waals surface area contributed by atoms with Gasteiger partial charge < -0.3 is 14.4 Å². The molecule has 0 N–H and O–H groups in total. The zero-order chi connectivity index (χ0) is 36.5. The lowest BCUT2D eigenvalue weighted by Gasteiger charge is -2.30.